The Kier molecular flexibility index (Phi) is 25.4. The van der Waals surface area contributed by atoms with Gasteiger partial charge in [-0.2, -0.15) is 8.42 Å². The Hall–Kier alpha value is -2.84. The minimum Gasteiger partial charge on any atom is -0.872 e. The first-order valence-electron chi connectivity index (χ1n) is 20.9. The number of benzene rings is 4. The molecule has 2 N–H and O–H groups in total. The van der Waals surface area contributed by atoms with Crippen LogP contribution in [0.2, 0.25) is 0 Å². The van der Waals surface area contributed by atoms with E-state index in [1.165, 1.54) is 144 Å². The molecule has 59 heavy (non-hydrogen) atoms. The molecule has 0 aliphatic rings. The van der Waals surface area contributed by atoms with E-state index < -0.39 is 20.2 Å². The number of unbranched alkanes of at least 4 members (excludes halogenated alkanes) is 16. The smallest absolute Gasteiger partial charge is 0.872 e. The number of hydrogen-bond donors (Lipinski definition) is 2. The van der Waals surface area contributed by atoms with E-state index >= 15 is 0 Å². The predicted octanol–water partition coefficient (Wildman–Crippen LogP) is 11.7. The number of aryl methyl sites for hydroxylation is 2. The molecule has 10 nitrogen and oxygen atoms in total. The summed E-state index contributed by atoms with van der Waals surface area (Å²) in [6.07, 6.45) is 23.9. The van der Waals surface area contributed by atoms with E-state index in [4.69, 9.17) is 9.47 Å². The maximum atomic E-state index is 11.8. The number of aromatic hydroxyl groups is 1. The van der Waals surface area contributed by atoms with Gasteiger partial charge in [0.25, 0.3) is 10.1 Å². The topological polar surface area (TPSA) is 173 Å². The Bertz CT molecular complexity index is 1870. The minimum absolute atomic E-state index is 0. The summed E-state index contributed by atoms with van der Waals surface area (Å²) in [5.41, 5.74) is 1.87. The second-order valence-corrected chi connectivity index (χ2v) is 17.6. The second-order valence-electron chi connectivity index (χ2n) is 14.8. The van der Waals surface area contributed by atoms with Crippen LogP contribution in [0.4, 0.5) is 0 Å². The van der Waals surface area contributed by atoms with Crippen LogP contribution in [0.3, 0.4) is 0 Å². The van der Waals surface area contributed by atoms with Crippen molar-refractivity contribution in [2.24, 2.45) is 0 Å². The Balaban J connectivity index is 0.000000400. The molecule has 4 aromatic rings. The number of rotatable bonds is 26. The molecule has 0 aliphatic heterocycles. The van der Waals surface area contributed by atoms with Crippen LogP contribution in [-0.2, 0) is 33.1 Å². The zero-order valence-electron chi connectivity index (χ0n) is 34.9. The third kappa shape index (κ3) is 21.5. The van der Waals surface area contributed by atoms with Crippen LogP contribution in [0.25, 0.3) is 0 Å². The van der Waals surface area contributed by atoms with Crippen molar-refractivity contribution in [3.63, 3.8) is 0 Å². The minimum atomic E-state index is -4.56. The van der Waals surface area contributed by atoms with Gasteiger partial charge in [-0.25, -0.2) is 8.42 Å². The summed E-state index contributed by atoms with van der Waals surface area (Å²) in [7, 11) is -8.85. The van der Waals surface area contributed by atoms with Gasteiger partial charge in [-0.05, 0) is 79.3 Å². The van der Waals surface area contributed by atoms with Gasteiger partial charge < -0.3 is 24.2 Å². The van der Waals surface area contributed by atoms with E-state index in [-0.39, 0.29) is 64.8 Å². The Morgan fingerprint density at radius 3 is 1.39 bits per heavy atom. The standard InChI is InChI=1S/2C23H32O5S.Ca/c2*1-2-3-4-5-6-7-8-9-10-12-19-15-16-20(24)17-23(19)28-21-13-11-14-22(18-21)29(25,26)27;/h2*11,13-18,24H,2-10,12H2,1H3,(H,25,26,27);/q;;+2/p-2. The first kappa shape index (κ1) is 52.3. The zero-order chi connectivity index (χ0) is 42.2. The molecule has 0 aliphatic carbocycles. The molecular weight excluding hydrogens is 817 g/mol. The van der Waals surface area contributed by atoms with Gasteiger partial charge >= 0.3 is 37.7 Å². The number of hydrogen-bond acceptors (Lipinski definition) is 9. The van der Waals surface area contributed by atoms with Gasteiger partial charge in [0.1, 0.15) is 38.9 Å². The van der Waals surface area contributed by atoms with Crippen molar-refractivity contribution in [2.45, 2.75) is 152 Å². The fourth-order valence-electron chi connectivity index (χ4n) is 6.58. The van der Waals surface area contributed by atoms with Crippen molar-refractivity contribution >= 4 is 58.0 Å². The molecule has 0 aromatic heterocycles. The fraction of sp³-hybridized carbons (Fsp3) is 0.478. The summed E-state index contributed by atoms with van der Waals surface area (Å²) in [6.45, 7) is 4.45. The molecule has 0 radical (unpaired) electrons. The van der Waals surface area contributed by atoms with Crippen molar-refractivity contribution < 1.29 is 45.6 Å². The van der Waals surface area contributed by atoms with Crippen molar-refractivity contribution in [1.82, 2.24) is 0 Å². The summed E-state index contributed by atoms with van der Waals surface area (Å²) in [4.78, 5) is -0.579. The maximum absolute atomic E-state index is 11.8. The average Bonchev–Trinajstić information content (AvgIpc) is 3.18. The molecule has 0 unspecified atom stereocenters. The van der Waals surface area contributed by atoms with Crippen molar-refractivity contribution in [1.29, 1.82) is 0 Å². The van der Waals surface area contributed by atoms with Crippen LogP contribution in [0.15, 0.2) is 94.7 Å². The van der Waals surface area contributed by atoms with Gasteiger partial charge in [-0.15, -0.1) is 5.75 Å². The fourth-order valence-corrected chi connectivity index (χ4v) is 7.60. The van der Waals surface area contributed by atoms with Crippen molar-refractivity contribution in [3.05, 3.63) is 96.1 Å². The van der Waals surface area contributed by atoms with Crippen molar-refractivity contribution in [3.8, 4) is 34.5 Å². The monoisotopic (exact) mass is 878 g/mol. The second kappa shape index (κ2) is 28.6. The molecule has 0 saturated carbocycles. The molecule has 0 atom stereocenters. The summed E-state index contributed by atoms with van der Waals surface area (Å²) >= 11 is 0. The molecule has 0 bridgehead atoms. The van der Waals surface area contributed by atoms with Gasteiger partial charge in [0, 0.05) is 12.1 Å². The summed E-state index contributed by atoms with van der Waals surface area (Å²) in [5, 5.41) is 21.6. The molecule has 13 heteroatoms. The Morgan fingerprint density at radius 2 is 0.932 bits per heavy atom. The summed E-state index contributed by atoms with van der Waals surface area (Å²) < 4.78 is 77.0. The molecule has 0 saturated heterocycles. The third-order valence-electron chi connectivity index (χ3n) is 9.84. The van der Waals surface area contributed by atoms with Gasteiger partial charge in [0.05, 0.1) is 9.79 Å². The van der Waals surface area contributed by atoms with E-state index in [0.29, 0.717) is 17.2 Å². The molecule has 4 aromatic carbocycles. The quantitative estimate of drug-likeness (QED) is 0.0351. The molecule has 0 spiro atoms. The largest absolute Gasteiger partial charge is 2.00 e. The first-order chi connectivity index (χ1) is 27.8. The van der Waals surface area contributed by atoms with Gasteiger partial charge in [-0.3, -0.25) is 4.55 Å². The van der Waals surface area contributed by atoms with Crippen LogP contribution in [0.1, 0.15) is 141 Å². The number of phenols is 1. The first-order valence-corrected chi connectivity index (χ1v) is 23.8. The van der Waals surface area contributed by atoms with Crippen LogP contribution in [-0.4, -0.2) is 68.8 Å². The Labute approximate surface area is 383 Å². The van der Waals surface area contributed by atoms with Crippen molar-refractivity contribution in [2.75, 3.05) is 0 Å². The van der Waals surface area contributed by atoms with Gasteiger partial charge in [0.2, 0.25) is 0 Å². The van der Waals surface area contributed by atoms with E-state index in [1.54, 1.807) is 24.3 Å². The molecule has 320 valence electrons. The van der Waals surface area contributed by atoms with E-state index in [0.717, 1.165) is 49.7 Å². The predicted molar refractivity (Wildman–Crippen MR) is 232 cm³/mol. The van der Waals surface area contributed by atoms with E-state index in [2.05, 4.69) is 13.8 Å². The van der Waals surface area contributed by atoms with Crippen LogP contribution < -0.4 is 14.6 Å². The summed E-state index contributed by atoms with van der Waals surface area (Å²) in [6, 6.07) is 20.8. The maximum Gasteiger partial charge on any atom is 2.00 e. The third-order valence-corrected chi connectivity index (χ3v) is 11.5. The number of ether oxygens (including phenoxy) is 2. The van der Waals surface area contributed by atoms with E-state index in [1.807, 2.05) is 6.07 Å². The molecule has 4 rings (SSSR count). The van der Waals surface area contributed by atoms with Gasteiger partial charge in [-0.1, -0.05) is 147 Å². The van der Waals surface area contributed by atoms with Crippen LogP contribution >= 0.6 is 0 Å². The Morgan fingerprint density at radius 1 is 0.525 bits per heavy atom. The molecule has 0 amide bonds. The summed E-state index contributed by atoms with van der Waals surface area (Å²) in [5.74, 6) is 1.33. The van der Waals surface area contributed by atoms with Crippen LogP contribution in [0.5, 0.6) is 34.5 Å². The van der Waals surface area contributed by atoms with Gasteiger partial charge in [0.15, 0.2) is 0 Å². The molecule has 0 fully saturated rings. The zero-order valence-corrected chi connectivity index (χ0v) is 38.8. The SMILES string of the molecule is CCCCCCCCCCCc1ccc(O)cc1Oc1cccc(S(=O)(=O)O)c1.CCCCCCCCCCCc1ccc([O-])cc1Oc1cccc(S(=O)(=O)[O-])c1.[Ca+2]. The number of phenolic OH excluding ortho intramolecular Hbond substituents is 1. The van der Waals surface area contributed by atoms with E-state index in [9.17, 15) is 36.2 Å². The molecule has 0 heterocycles. The molecular formula is C46H62CaO10S2. The van der Waals surface area contributed by atoms with Crippen LogP contribution in [0, 0.1) is 0 Å². The normalized spacial score (nSPS) is 11.3. The average molecular weight is 879 g/mol.